The maximum absolute atomic E-state index is 14.7. The lowest BCUT2D eigenvalue weighted by molar-refractivity contribution is -0.203. The molecule has 9 atom stereocenters. The Morgan fingerprint density at radius 3 is 1.92 bits per heavy atom. The number of hydroxylamine groups is 2. The van der Waals surface area contributed by atoms with Gasteiger partial charge >= 0.3 is 6.09 Å². The van der Waals surface area contributed by atoms with Gasteiger partial charge in [0.1, 0.15) is 25.3 Å². The van der Waals surface area contributed by atoms with Gasteiger partial charge in [0.05, 0.1) is 43.2 Å². The van der Waals surface area contributed by atoms with E-state index < -0.39 is 66.2 Å². The highest BCUT2D eigenvalue weighted by Crippen LogP contribution is 2.44. The molecule has 2 heterocycles. The van der Waals surface area contributed by atoms with Crippen molar-refractivity contribution in [2.45, 2.75) is 142 Å². The zero-order chi connectivity index (χ0) is 56.4. The molecule has 420 valence electrons. The molecule has 16 heteroatoms. The third-order valence-electron chi connectivity index (χ3n) is 16.4. The van der Waals surface area contributed by atoms with Crippen LogP contribution in [0.1, 0.15) is 108 Å². The van der Waals surface area contributed by atoms with Crippen molar-refractivity contribution in [2.75, 3.05) is 41.5 Å². The van der Waals surface area contributed by atoms with Crippen molar-refractivity contribution >= 4 is 35.6 Å². The van der Waals surface area contributed by atoms with Gasteiger partial charge < -0.3 is 24.4 Å². The Morgan fingerprint density at radius 1 is 0.731 bits per heavy atom. The van der Waals surface area contributed by atoms with Crippen LogP contribution >= 0.6 is 0 Å². The third kappa shape index (κ3) is 13.3. The van der Waals surface area contributed by atoms with Crippen molar-refractivity contribution in [3.63, 3.8) is 0 Å². The van der Waals surface area contributed by atoms with Crippen molar-refractivity contribution in [1.82, 2.24) is 30.4 Å². The second-order valence-corrected chi connectivity index (χ2v) is 22.1. The maximum Gasteiger partial charge on any atom is 0.410 e. The topological polar surface area (TPSA) is 176 Å². The quantitative estimate of drug-likeness (QED) is 0.0733. The molecular weight excluding hydrogens is 989 g/mol. The molecule has 3 aliphatic rings. The minimum Gasteiger partial charge on any atom is -0.448 e. The average Bonchev–Trinajstić information content (AvgIpc) is 4.16. The number of methoxy groups -OCH3 is 2. The molecule has 4 aromatic carbocycles. The molecule has 0 radical (unpaired) electrons. The molecule has 6 amide bonds. The van der Waals surface area contributed by atoms with Gasteiger partial charge in [0.2, 0.25) is 23.6 Å². The molecular formula is C62H82N6O10. The molecule has 2 N–H and O–H groups in total. The van der Waals surface area contributed by atoms with Gasteiger partial charge in [0.15, 0.2) is 0 Å². The summed E-state index contributed by atoms with van der Waals surface area (Å²) in [6.45, 7) is 14.3. The van der Waals surface area contributed by atoms with E-state index in [0.29, 0.717) is 25.8 Å². The fraction of sp³-hybridized carbons (Fsp3) is 0.516. The van der Waals surface area contributed by atoms with Crippen LogP contribution in [0, 0.1) is 23.7 Å². The number of imide groups is 1. The highest BCUT2D eigenvalue weighted by molar-refractivity contribution is 6.01. The predicted molar refractivity (Wildman–Crippen MR) is 298 cm³/mol. The highest BCUT2D eigenvalue weighted by Gasteiger charge is 2.45. The number of benzene rings is 4. The summed E-state index contributed by atoms with van der Waals surface area (Å²) < 4.78 is 18.2. The van der Waals surface area contributed by atoms with Crippen LogP contribution in [-0.2, 0) is 62.6 Å². The molecule has 0 aromatic heterocycles. The number of carbonyl (C=O) groups is 6. The SMILES string of the molecule is CC[C@H](C)[C@@H]([C@@H](CC(=O)N1CCC[C@H]1[C@H](OC)[C@@H](C)C(=O)N[C@@H](Cc1ccccc1)C(=O)N1Cc2ccccc2CO1)OC)N(C)[C@H](C(=O)NC(=O)[C@H](C(C)C)N(C)C(=O)OCC1c2ccccc2-c2ccccc21)C(C)C. The Hall–Kier alpha value is -6.46. The van der Waals surface area contributed by atoms with E-state index in [1.165, 1.54) is 24.1 Å². The van der Waals surface area contributed by atoms with Gasteiger partial charge in [-0.25, -0.2) is 9.86 Å². The lowest BCUT2D eigenvalue weighted by Crippen LogP contribution is -2.60. The first-order chi connectivity index (χ1) is 37.4. The largest absolute Gasteiger partial charge is 0.448 e. The number of likely N-dealkylation sites (N-methyl/N-ethyl adjacent to an activating group) is 2. The summed E-state index contributed by atoms with van der Waals surface area (Å²) in [5.41, 5.74) is 7.19. The number of hydrogen-bond acceptors (Lipinski definition) is 11. The van der Waals surface area contributed by atoms with Crippen LogP contribution in [0.4, 0.5) is 4.79 Å². The van der Waals surface area contributed by atoms with Crippen LogP contribution in [0.25, 0.3) is 11.1 Å². The van der Waals surface area contributed by atoms with Crippen molar-refractivity contribution < 1.29 is 47.8 Å². The average molecular weight is 1070 g/mol. The number of carbonyl (C=O) groups excluding carboxylic acids is 6. The second kappa shape index (κ2) is 26.9. The highest BCUT2D eigenvalue weighted by atomic mass is 16.7. The summed E-state index contributed by atoms with van der Waals surface area (Å²) in [5.74, 6) is -3.75. The minimum atomic E-state index is -1.03. The first-order valence-electron chi connectivity index (χ1n) is 27.7. The summed E-state index contributed by atoms with van der Waals surface area (Å²) in [5, 5.41) is 7.05. The molecule has 78 heavy (non-hydrogen) atoms. The van der Waals surface area contributed by atoms with Crippen LogP contribution in [0.5, 0.6) is 0 Å². The summed E-state index contributed by atoms with van der Waals surface area (Å²) in [6.07, 6.45) is 0.139. The van der Waals surface area contributed by atoms with E-state index in [9.17, 15) is 28.8 Å². The summed E-state index contributed by atoms with van der Waals surface area (Å²) in [7, 11) is 6.45. The first kappa shape index (κ1) is 59.2. The number of ether oxygens (including phenoxy) is 3. The van der Waals surface area contributed by atoms with Gasteiger partial charge in [-0.3, -0.25) is 43.9 Å². The molecule has 1 fully saturated rings. The van der Waals surface area contributed by atoms with E-state index in [4.69, 9.17) is 19.0 Å². The molecule has 0 bridgehead atoms. The standard InChI is InChI=1S/C62H82N6O10/c1-12-40(6)56(65(8)54(38(2)3)59(71)64-60(72)55(39(4)5)66(9)62(74)77-37-49-47-29-20-18-27-45(47)46-28-19-21-30-48(46)49)52(75-10)34-53(69)67-32-22-31-51(67)57(76-11)41(7)58(70)63-50(33-42-23-14-13-15-24-42)61(73)68-35-43-25-16-17-26-44(43)36-78-68/h13-21,23-30,38-41,49-52,54-57H,12,22,31-37H2,1-11H3,(H,63,70)(H,64,71,72)/t40-,41+,50-,51-,52+,54-,55-,56-,57+/m0/s1. The fourth-order valence-electron chi connectivity index (χ4n) is 12.2. The Kier molecular flexibility index (Phi) is 20.4. The van der Waals surface area contributed by atoms with Crippen molar-refractivity contribution in [3.05, 3.63) is 131 Å². The number of amides is 6. The van der Waals surface area contributed by atoms with Gasteiger partial charge in [0.25, 0.3) is 5.91 Å². The van der Waals surface area contributed by atoms with E-state index in [2.05, 4.69) is 29.7 Å². The van der Waals surface area contributed by atoms with Crippen molar-refractivity contribution in [3.8, 4) is 11.1 Å². The van der Waals surface area contributed by atoms with Gasteiger partial charge in [-0.15, -0.1) is 0 Å². The molecule has 0 saturated carbocycles. The van der Waals surface area contributed by atoms with Gasteiger partial charge in [-0.05, 0) is 76.6 Å². The smallest absolute Gasteiger partial charge is 0.410 e. The summed E-state index contributed by atoms with van der Waals surface area (Å²) in [6, 6.07) is 29.7. The van der Waals surface area contributed by atoms with Gasteiger partial charge in [0, 0.05) is 46.2 Å². The maximum atomic E-state index is 14.7. The van der Waals surface area contributed by atoms with E-state index in [1.807, 2.05) is 138 Å². The van der Waals surface area contributed by atoms with Crippen LogP contribution in [0.3, 0.4) is 0 Å². The Bertz CT molecular complexity index is 2670. The Labute approximate surface area is 461 Å². The number of nitrogens with zero attached hydrogens (tertiary/aromatic N) is 4. The monoisotopic (exact) mass is 1070 g/mol. The lowest BCUT2D eigenvalue weighted by atomic mass is 9.87. The zero-order valence-electron chi connectivity index (χ0n) is 47.5. The fourth-order valence-corrected chi connectivity index (χ4v) is 12.2. The molecule has 16 nitrogen and oxygen atoms in total. The van der Waals surface area contributed by atoms with Crippen LogP contribution in [0.2, 0.25) is 0 Å². The molecule has 0 spiro atoms. The number of nitrogens with one attached hydrogen (secondary N) is 2. The molecule has 1 saturated heterocycles. The number of rotatable bonds is 23. The Morgan fingerprint density at radius 2 is 1.32 bits per heavy atom. The summed E-state index contributed by atoms with van der Waals surface area (Å²) >= 11 is 0. The molecule has 0 unspecified atom stereocenters. The zero-order valence-corrected chi connectivity index (χ0v) is 47.5. The van der Waals surface area contributed by atoms with E-state index in [1.54, 1.807) is 18.9 Å². The Balaban J connectivity index is 1.01. The number of hydrogen-bond donors (Lipinski definition) is 2. The van der Waals surface area contributed by atoms with Gasteiger partial charge in [-0.1, -0.05) is 158 Å². The predicted octanol–water partition coefficient (Wildman–Crippen LogP) is 8.15. The molecule has 2 aliphatic heterocycles. The van der Waals surface area contributed by atoms with Crippen molar-refractivity contribution in [1.29, 1.82) is 0 Å². The number of fused-ring (bicyclic) bond motifs is 4. The van der Waals surface area contributed by atoms with E-state index >= 15 is 0 Å². The normalized spacial score (nSPS) is 18.2. The van der Waals surface area contributed by atoms with E-state index in [-0.39, 0.29) is 74.0 Å². The number of likely N-dealkylation sites (tertiary alicyclic amines) is 1. The van der Waals surface area contributed by atoms with Crippen LogP contribution in [0.15, 0.2) is 103 Å². The third-order valence-corrected chi connectivity index (χ3v) is 16.4. The van der Waals surface area contributed by atoms with Crippen LogP contribution < -0.4 is 10.6 Å². The van der Waals surface area contributed by atoms with Crippen LogP contribution in [-0.4, -0.2) is 139 Å². The van der Waals surface area contributed by atoms with Crippen molar-refractivity contribution in [2.24, 2.45) is 23.7 Å². The first-order valence-corrected chi connectivity index (χ1v) is 27.7. The van der Waals surface area contributed by atoms with E-state index in [0.717, 1.165) is 38.9 Å². The lowest BCUT2D eigenvalue weighted by Gasteiger charge is -2.43. The summed E-state index contributed by atoms with van der Waals surface area (Å²) in [4.78, 5) is 96.8. The van der Waals surface area contributed by atoms with Gasteiger partial charge in [-0.2, -0.15) is 0 Å². The second-order valence-electron chi connectivity index (χ2n) is 22.1. The molecule has 1 aliphatic carbocycles. The molecule has 7 rings (SSSR count). The molecule has 4 aromatic rings. The minimum absolute atomic E-state index is 0.0261.